The summed E-state index contributed by atoms with van der Waals surface area (Å²) < 4.78 is 4.91. The number of carbonyl (C=O) groups excluding carboxylic acids is 1. The molecule has 0 radical (unpaired) electrons. The van der Waals surface area contributed by atoms with Crippen molar-refractivity contribution in [3.63, 3.8) is 0 Å². The fourth-order valence-electron chi connectivity index (χ4n) is 1.63. The third kappa shape index (κ3) is 2.34. The number of nitrogens with zero attached hydrogens (tertiary/aromatic N) is 1. The number of rotatable bonds is 2. The van der Waals surface area contributed by atoms with Crippen LogP contribution >= 0.6 is 0 Å². The third-order valence-electron chi connectivity index (χ3n) is 2.71. The Morgan fingerprint density at radius 1 is 1.22 bits per heavy atom. The van der Waals surface area contributed by atoms with E-state index in [4.69, 9.17) is 10.3 Å². The van der Waals surface area contributed by atoms with Gasteiger partial charge in [-0.3, -0.25) is 4.79 Å². The Balaban J connectivity index is 2.24. The monoisotopic (exact) mass is 245 g/mol. The van der Waals surface area contributed by atoms with Crippen LogP contribution in [0.1, 0.15) is 27.4 Å². The van der Waals surface area contributed by atoms with Crippen LogP contribution in [0, 0.1) is 20.8 Å². The minimum atomic E-state index is -0.317. The average molecular weight is 245 g/mol. The Morgan fingerprint density at radius 3 is 2.56 bits per heavy atom. The molecule has 0 aliphatic heterocycles. The van der Waals surface area contributed by atoms with Gasteiger partial charge in [-0.15, -0.1) is 0 Å². The Morgan fingerprint density at radius 2 is 1.94 bits per heavy atom. The molecule has 0 fully saturated rings. The van der Waals surface area contributed by atoms with Crippen LogP contribution < -0.4 is 11.1 Å². The van der Waals surface area contributed by atoms with Crippen molar-refractivity contribution in [2.75, 3.05) is 11.1 Å². The quantitative estimate of drug-likeness (QED) is 0.796. The number of amides is 1. The summed E-state index contributed by atoms with van der Waals surface area (Å²) in [5.41, 5.74) is 9.72. The van der Waals surface area contributed by atoms with Gasteiger partial charge in [-0.25, -0.2) is 0 Å². The molecule has 3 N–H and O–H groups in total. The van der Waals surface area contributed by atoms with E-state index in [1.54, 1.807) is 13.0 Å². The molecule has 1 amide bonds. The molecule has 1 aromatic carbocycles. The molecule has 0 aliphatic rings. The van der Waals surface area contributed by atoms with E-state index in [1.165, 1.54) is 0 Å². The van der Waals surface area contributed by atoms with Crippen LogP contribution in [0.4, 0.5) is 11.4 Å². The highest BCUT2D eigenvalue weighted by molar-refractivity contribution is 6.02. The number of hydrogen-bond acceptors (Lipinski definition) is 4. The van der Waals surface area contributed by atoms with Crippen LogP contribution in [0.25, 0.3) is 0 Å². The predicted molar refractivity (Wildman–Crippen MR) is 69.5 cm³/mol. The minimum absolute atomic E-state index is 0.196. The molecule has 1 heterocycles. The smallest absolute Gasteiger partial charge is 0.294 e. The molecule has 5 heteroatoms. The second-order valence-corrected chi connectivity index (χ2v) is 4.31. The Bertz CT molecular complexity index is 602. The number of anilines is 2. The van der Waals surface area contributed by atoms with Crippen molar-refractivity contribution in [3.8, 4) is 0 Å². The van der Waals surface area contributed by atoms with Gasteiger partial charge in [0.15, 0.2) is 0 Å². The molecule has 5 nitrogen and oxygen atoms in total. The maximum Gasteiger partial charge on any atom is 0.294 e. The highest BCUT2D eigenvalue weighted by atomic mass is 16.5. The molecule has 0 atom stereocenters. The molecular weight excluding hydrogens is 230 g/mol. The van der Waals surface area contributed by atoms with E-state index in [0.29, 0.717) is 11.4 Å². The first kappa shape index (κ1) is 12.2. The van der Waals surface area contributed by atoms with Crippen molar-refractivity contribution >= 4 is 17.3 Å². The zero-order valence-electron chi connectivity index (χ0n) is 10.6. The molecule has 0 spiro atoms. The zero-order chi connectivity index (χ0) is 13.3. The molecular formula is C13H15N3O2. The second-order valence-electron chi connectivity index (χ2n) is 4.31. The van der Waals surface area contributed by atoms with E-state index in [-0.39, 0.29) is 11.7 Å². The van der Waals surface area contributed by atoms with Crippen molar-refractivity contribution in [2.24, 2.45) is 0 Å². The highest BCUT2D eigenvalue weighted by Gasteiger charge is 2.13. The Labute approximate surface area is 105 Å². The molecule has 0 aliphatic carbocycles. The Kier molecular flexibility index (Phi) is 3.06. The lowest BCUT2D eigenvalue weighted by Crippen LogP contribution is -2.12. The number of nitrogens with one attached hydrogen (secondary N) is 1. The highest BCUT2D eigenvalue weighted by Crippen LogP contribution is 2.22. The largest absolute Gasteiger partial charge is 0.399 e. The fourth-order valence-corrected chi connectivity index (χ4v) is 1.63. The van der Waals surface area contributed by atoms with Gasteiger partial charge in [-0.05, 0) is 44.0 Å². The van der Waals surface area contributed by atoms with Gasteiger partial charge in [0.2, 0.25) is 5.76 Å². The molecule has 0 saturated heterocycles. The normalized spacial score (nSPS) is 10.4. The fraction of sp³-hybridized carbons (Fsp3) is 0.231. The lowest BCUT2D eigenvalue weighted by atomic mass is 10.1. The maximum atomic E-state index is 11.9. The first-order valence-electron chi connectivity index (χ1n) is 5.59. The van der Waals surface area contributed by atoms with Crippen LogP contribution in [0.2, 0.25) is 0 Å². The summed E-state index contributed by atoms with van der Waals surface area (Å²) in [6.07, 6.45) is 0. The van der Waals surface area contributed by atoms with E-state index >= 15 is 0 Å². The van der Waals surface area contributed by atoms with Gasteiger partial charge in [0, 0.05) is 17.4 Å². The van der Waals surface area contributed by atoms with Crippen molar-refractivity contribution < 1.29 is 9.32 Å². The van der Waals surface area contributed by atoms with E-state index in [1.807, 2.05) is 26.0 Å². The lowest BCUT2D eigenvalue weighted by Gasteiger charge is -2.09. The van der Waals surface area contributed by atoms with Gasteiger partial charge >= 0.3 is 0 Å². The molecule has 2 aromatic rings. The van der Waals surface area contributed by atoms with Gasteiger partial charge in [0.05, 0.1) is 5.69 Å². The van der Waals surface area contributed by atoms with Crippen LogP contribution in [-0.4, -0.2) is 11.1 Å². The van der Waals surface area contributed by atoms with Crippen LogP contribution in [-0.2, 0) is 0 Å². The SMILES string of the molecule is Cc1cc(C(=O)Nc2cc(C)c(N)cc2C)on1. The summed E-state index contributed by atoms with van der Waals surface area (Å²) in [6, 6.07) is 5.26. The number of aromatic nitrogens is 1. The second kappa shape index (κ2) is 4.52. The summed E-state index contributed by atoms with van der Waals surface area (Å²) >= 11 is 0. The van der Waals surface area contributed by atoms with Crippen LogP contribution in [0.5, 0.6) is 0 Å². The third-order valence-corrected chi connectivity index (χ3v) is 2.71. The molecule has 18 heavy (non-hydrogen) atoms. The van der Waals surface area contributed by atoms with Gasteiger partial charge < -0.3 is 15.6 Å². The van der Waals surface area contributed by atoms with Gasteiger partial charge in [-0.1, -0.05) is 5.16 Å². The maximum absolute atomic E-state index is 11.9. The summed E-state index contributed by atoms with van der Waals surface area (Å²) in [5.74, 6) is -0.121. The van der Waals surface area contributed by atoms with E-state index in [0.717, 1.165) is 16.8 Å². The molecule has 0 bridgehead atoms. The van der Waals surface area contributed by atoms with E-state index in [2.05, 4.69) is 10.5 Å². The average Bonchev–Trinajstić information content (AvgIpc) is 2.73. The summed E-state index contributed by atoms with van der Waals surface area (Å²) in [4.78, 5) is 11.9. The number of aryl methyl sites for hydroxylation is 3. The molecule has 0 saturated carbocycles. The topological polar surface area (TPSA) is 81.2 Å². The van der Waals surface area contributed by atoms with Crippen molar-refractivity contribution in [1.82, 2.24) is 5.16 Å². The molecule has 0 unspecified atom stereocenters. The Hall–Kier alpha value is -2.30. The van der Waals surface area contributed by atoms with Crippen molar-refractivity contribution in [2.45, 2.75) is 20.8 Å². The number of carbonyl (C=O) groups is 1. The first-order chi connectivity index (χ1) is 8.47. The van der Waals surface area contributed by atoms with E-state index < -0.39 is 0 Å². The number of nitrogens with two attached hydrogens (primary N) is 1. The molecule has 2 rings (SSSR count). The van der Waals surface area contributed by atoms with Crippen LogP contribution in [0.15, 0.2) is 22.7 Å². The zero-order valence-corrected chi connectivity index (χ0v) is 10.6. The first-order valence-corrected chi connectivity index (χ1v) is 5.59. The van der Waals surface area contributed by atoms with Gasteiger partial charge in [0.1, 0.15) is 0 Å². The van der Waals surface area contributed by atoms with Crippen molar-refractivity contribution in [1.29, 1.82) is 0 Å². The van der Waals surface area contributed by atoms with E-state index in [9.17, 15) is 4.79 Å². The summed E-state index contributed by atoms with van der Waals surface area (Å²) in [7, 11) is 0. The molecule has 94 valence electrons. The number of nitrogen functional groups attached to an aromatic ring is 1. The predicted octanol–water partition coefficient (Wildman–Crippen LogP) is 2.43. The van der Waals surface area contributed by atoms with Gasteiger partial charge in [-0.2, -0.15) is 0 Å². The summed E-state index contributed by atoms with van der Waals surface area (Å²) in [5, 5.41) is 6.46. The number of hydrogen-bond donors (Lipinski definition) is 2. The number of benzene rings is 1. The lowest BCUT2D eigenvalue weighted by molar-refractivity contribution is 0.0988. The minimum Gasteiger partial charge on any atom is -0.399 e. The molecule has 1 aromatic heterocycles. The van der Waals surface area contributed by atoms with Crippen molar-refractivity contribution in [3.05, 3.63) is 40.8 Å². The van der Waals surface area contributed by atoms with Gasteiger partial charge in [0.25, 0.3) is 5.91 Å². The van der Waals surface area contributed by atoms with Crippen LogP contribution in [0.3, 0.4) is 0 Å². The summed E-state index contributed by atoms with van der Waals surface area (Å²) in [6.45, 7) is 5.54. The standard InChI is InChI=1S/C13H15N3O2/c1-7-5-11(8(2)4-10(7)14)15-13(17)12-6-9(3)16-18-12/h4-6H,14H2,1-3H3,(H,15,17).